The monoisotopic (exact) mass is 356 g/mol. The van der Waals surface area contributed by atoms with Gasteiger partial charge < -0.3 is 0 Å². The second kappa shape index (κ2) is 6.57. The van der Waals surface area contributed by atoms with E-state index in [-0.39, 0.29) is 5.78 Å². The number of carbonyl (C=O) groups excluding carboxylic acids is 1. The van der Waals surface area contributed by atoms with Crippen LogP contribution in [0.1, 0.15) is 35.1 Å². The molecule has 0 N–H and O–H groups in total. The summed E-state index contributed by atoms with van der Waals surface area (Å²) in [4.78, 5) is 23.0. The van der Waals surface area contributed by atoms with Gasteiger partial charge in [-0.1, -0.05) is 30.3 Å². The standard InChI is InChI=1S/C19H20N2OS2/c1-12-18(24-13(2)20-12)15-11-23-17(21-15)10-16(22)19(3,4)14-8-6-5-7-9-14/h5-9,11H,10H2,1-4H3. The molecule has 0 fully saturated rings. The van der Waals surface area contributed by atoms with Crippen LogP contribution in [0.2, 0.25) is 0 Å². The van der Waals surface area contributed by atoms with Crippen LogP contribution in [0.25, 0.3) is 10.6 Å². The zero-order chi connectivity index (χ0) is 17.3. The van der Waals surface area contributed by atoms with Gasteiger partial charge in [0.15, 0.2) is 0 Å². The first-order valence-corrected chi connectivity index (χ1v) is 9.55. The molecule has 24 heavy (non-hydrogen) atoms. The van der Waals surface area contributed by atoms with E-state index < -0.39 is 5.41 Å². The zero-order valence-corrected chi connectivity index (χ0v) is 15.9. The summed E-state index contributed by atoms with van der Waals surface area (Å²) < 4.78 is 0. The van der Waals surface area contributed by atoms with Gasteiger partial charge in [0.25, 0.3) is 0 Å². The van der Waals surface area contributed by atoms with Gasteiger partial charge in [-0.15, -0.1) is 22.7 Å². The summed E-state index contributed by atoms with van der Waals surface area (Å²) in [7, 11) is 0. The normalized spacial score (nSPS) is 11.7. The van der Waals surface area contributed by atoms with Gasteiger partial charge in [0.1, 0.15) is 10.8 Å². The molecule has 0 saturated heterocycles. The summed E-state index contributed by atoms with van der Waals surface area (Å²) in [5.41, 5.74) is 2.47. The van der Waals surface area contributed by atoms with Crippen LogP contribution in [-0.4, -0.2) is 15.8 Å². The molecule has 0 aliphatic rings. The summed E-state index contributed by atoms with van der Waals surface area (Å²) >= 11 is 3.20. The Kier molecular flexibility index (Phi) is 4.65. The highest BCUT2D eigenvalue weighted by atomic mass is 32.1. The number of hydrogen-bond donors (Lipinski definition) is 0. The third-order valence-electron chi connectivity index (χ3n) is 4.19. The fraction of sp³-hybridized carbons (Fsp3) is 0.316. The molecule has 0 saturated carbocycles. The molecule has 3 nitrogen and oxygen atoms in total. The molecule has 5 heteroatoms. The second-order valence-electron chi connectivity index (χ2n) is 6.36. The minimum atomic E-state index is -0.510. The molecule has 0 radical (unpaired) electrons. The molecule has 2 aromatic heterocycles. The molecule has 0 atom stereocenters. The molecular formula is C19H20N2OS2. The molecule has 2 heterocycles. The Morgan fingerprint density at radius 3 is 2.46 bits per heavy atom. The quantitative estimate of drug-likeness (QED) is 0.648. The van der Waals surface area contributed by atoms with E-state index in [0.717, 1.165) is 31.8 Å². The fourth-order valence-electron chi connectivity index (χ4n) is 2.64. The van der Waals surface area contributed by atoms with E-state index in [9.17, 15) is 4.79 Å². The molecule has 124 valence electrons. The number of hydrogen-bond acceptors (Lipinski definition) is 5. The van der Waals surface area contributed by atoms with Gasteiger partial charge in [0.2, 0.25) is 0 Å². The lowest BCUT2D eigenvalue weighted by Gasteiger charge is -2.23. The summed E-state index contributed by atoms with van der Waals surface area (Å²) in [6, 6.07) is 9.93. The van der Waals surface area contributed by atoms with Crippen LogP contribution in [0.3, 0.4) is 0 Å². The van der Waals surface area contributed by atoms with Gasteiger partial charge in [0, 0.05) is 10.8 Å². The first-order chi connectivity index (χ1) is 11.4. The van der Waals surface area contributed by atoms with Crippen molar-refractivity contribution in [1.29, 1.82) is 0 Å². The summed E-state index contributed by atoms with van der Waals surface area (Å²) in [6.07, 6.45) is 0.364. The predicted octanol–water partition coefficient (Wildman–Crippen LogP) is 4.97. The number of Topliss-reactive ketones (excluding diaryl/α,β-unsaturated/α-hetero) is 1. The fourth-order valence-corrected chi connectivity index (χ4v) is 4.38. The molecule has 1 aromatic carbocycles. The molecule has 0 bridgehead atoms. The molecule has 0 aliphatic carbocycles. The molecule has 3 rings (SSSR count). The maximum atomic E-state index is 12.8. The third kappa shape index (κ3) is 3.32. The number of rotatable bonds is 5. The van der Waals surface area contributed by atoms with Crippen molar-refractivity contribution in [2.45, 2.75) is 39.5 Å². The van der Waals surface area contributed by atoms with Crippen molar-refractivity contribution < 1.29 is 4.79 Å². The third-order valence-corrected chi connectivity index (χ3v) is 6.14. The highest BCUT2D eigenvalue weighted by Crippen LogP contribution is 2.32. The lowest BCUT2D eigenvalue weighted by atomic mass is 9.79. The number of aryl methyl sites for hydroxylation is 2. The van der Waals surface area contributed by atoms with Crippen molar-refractivity contribution in [3.8, 4) is 10.6 Å². The van der Waals surface area contributed by atoms with Crippen LogP contribution in [0, 0.1) is 13.8 Å². The molecule has 0 amide bonds. The lowest BCUT2D eigenvalue weighted by Crippen LogP contribution is -2.30. The van der Waals surface area contributed by atoms with E-state index in [1.807, 2.05) is 63.4 Å². The van der Waals surface area contributed by atoms with Crippen LogP contribution in [0.4, 0.5) is 0 Å². The van der Waals surface area contributed by atoms with Crippen LogP contribution in [-0.2, 0) is 16.6 Å². The highest BCUT2D eigenvalue weighted by Gasteiger charge is 2.30. The van der Waals surface area contributed by atoms with Gasteiger partial charge in [0.05, 0.1) is 27.7 Å². The minimum Gasteiger partial charge on any atom is -0.298 e. The Bertz CT molecular complexity index is 863. The molecule has 3 aromatic rings. The molecule has 0 unspecified atom stereocenters. The second-order valence-corrected chi connectivity index (χ2v) is 8.51. The van der Waals surface area contributed by atoms with E-state index in [0.29, 0.717) is 6.42 Å². The Labute approximate surface area is 150 Å². The predicted molar refractivity (Wildman–Crippen MR) is 101 cm³/mol. The lowest BCUT2D eigenvalue weighted by molar-refractivity contribution is -0.122. The van der Waals surface area contributed by atoms with Crippen molar-refractivity contribution in [2.24, 2.45) is 0 Å². The van der Waals surface area contributed by atoms with Gasteiger partial charge in [-0.2, -0.15) is 0 Å². The number of thiazole rings is 2. The van der Waals surface area contributed by atoms with Gasteiger partial charge >= 0.3 is 0 Å². The average Bonchev–Trinajstić information content (AvgIpc) is 3.14. The van der Waals surface area contributed by atoms with E-state index >= 15 is 0 Å². The van der Waals surface area contributed by atoms with E-state index in [4.69, 9.17) is 0 Å². The Morgan fingerprint density at radius 1 is 1.12 bits per heavy atom. The highest BCUT2D eigenvalue weighted by molar-refractivity contribution is 7.16. The van der Waals surface area contributed by atoms with Crippen molar-refractivity contribution >= 4 is 28.5 Å². The maximum absolute atomic E-state index is 12.8. The number of ketones is 1. The summed E-state index contributed by atoms with van der Waals surface area (Å²) in [6.45, 7) is 7.97. The number of carbonyl (C=O) groups is 1. The van der Waals surface area contributed by atoms with E-state index in [1.165, 1.54) is 0 Å². The van der Waals surface area contributed by atoms with Gasteiger partial charge in [-0.3, -0.25) is 4.79 Å². The van der Waals surface area contributed by atoms with Crippen LogP contribution in [0.15, 0.2) is 35.7 Å². The number of benzene rings is 1. The summed E-state index contributed by atoms with van der Waals surface area (Å²) in [5.74, 6) is 0.187. The Hall–Kier alpha value is -1.85. The van der Waals surface area contributed by atoms with Crippen LogP contribution in [0.5, 0.6) is 0 Å². The Morgan fingerprint density at radius 2 is 1.83 bits per heavy atom. The van der Waals surface area contributed by atoms with Crippen LogP contribution >= 0.6 is 22.7 Å². The van der Waals surface area contributed by atoms with Gasteiger partial charge in [-0.25, -0.2) is 9.97 Å². The molecular weight excluding hydrogens is 336 g/mol. The Balaban J connectivity index is 1.80. The minimum absolute atomic E-state index is 0.187. The zero-order valence-electron chi connectivity index (χ0n) is 14.3. The molecule has 0 aliphatic heterocycles. The first-order valence-electron chi connectivity index (χ1n) is 7.85. The van der Waals surface area contributed by atoms with E-state index in [2.05, 4.69) is 9.97 Å². The molecule has 0 spiro atoms. The summed E-state index contributed by atoms with van der Waals surface area (Å²) in [5, 5.41) is 3.93. The maximum Gasteiger partial charge on any atom is 0.149 e. The van der Waals surface area contributed by atoms with Crippen LogP contribution < -0.4 is 0 Å². The van der Waals surface area contributed by atoms with Gasteiger partial charge in [-0.05, 0) is 33.3 Å². The topological polar surface area (TPSA) is 42.9 Å². The van der Waals surface area contributed by atoms with Crippen molar-refractivity contribution in [1.82, 2.24) is 9.97 Å². The number of nitrogens with zero attached hydrogens (tertiary/aromatic N) is 2. The largest absolute Gasteiger partial charge is 0.298 e. The van der Waals surface area contributed by atoms with Crippen molar-refractivity contribution in [3.05, 3.63) is 57.0 Å². The van der Waals surface area contributed by atoms with E-state index in [1.54, 1.807) is 22.7 Å². The number of aromatic nitrogens is 2. The van der Waals surface area contributed by atoms with Crippen molar-refractivity contribution in [3.63, 3.8) is 0 Å². The first kappa shape index (κ1) is 17.0. The average molecular weight is 357 g/mol. The van der Waals surface area contributed by atoms with Crippen molar-refractivity contribution in [2.75, 3.05) is 0 Å². The smallest absolute Gasteiger partial charge is 0.149 e. The SMILES string of the molecule is Cc1nc(C)c(-c2csc(CC(=O)C(C)(C)c3ccccc3)n2)s1.